The Hall–Kier alpha value is -1.30. The van der Waals surface area contributed by atoms with Crippen LogP contribution in [0.5, 0.6) is 5.75 Å². The topological polar surface area (TPSA) is 59.6 Å². The van der Waals surface area contributed by atoms with Crippen molar-refractivity contribution < 1.29 is 14.3 Å². The van der Waals surface area contributed by atoms with Crippen molar-refractivity contribution in [1.82, 2.24) is 10.6 Å². The number of amides is 1. The summed E-state index contributed by atoms with van der Waals surface area (Å²) in [7, 11) is 0. The van der Waals surface area contributed by atoms with E-state index in [1.54, 1.807) is 0 Å². The molecule has 6 heteroatoms. The van der Waals surface area contributed by atoms with Crippen LogP contribution in [-0.4, -0.2) is 37.3 Å². The van der Waals surface area contributed by atoms with Crippen molar-refractivity contribution in [2.75, 3.05) is 19.7 Å². The SMILES string of the molecule is Cl.O=C(NC1CC2(CCCC2)Oc2ccccc21)C1CNCCO1. The fourth-order valence-corrected chi connectivity index (χ4v) is 4.07. The molecule has 1 amide bonds. The Bertz CT molecular complexity index is 583. The number of benzene rings is 1. The number of ether oxygens (including phenoxy) is 2. The molecule has 2 unspecified atom stereocenters. The Labute approximate surface area is 148 Å². The highest BCUT2D eigenvalue weighted by Gasteiger charge is 2.43. The van der Waals surface area contributed by atoms with Gasteiger partial charge < -0.3 is 20.1 Å². The third kappa shape index (κ3) is 3.39. The van der Waals surface area contributed by atoms with Gasteiger partial charge in [0.25, 0.3) is 5.91 Å². The fraction of sp³-hybridized carbons (Fsp3) is 0.611. The standard InChI is InChI=1S/C18H24N2O3.ClH/c21-17(16-12-19-9-10-22-16)20-14-11-18(7-3-4-8-18)23-15-6-2-1-5-13(14)15;/h1-2,5-6,14,16,19H,3-4,7-12H2,(H,20,21);1H. The lowest BCUT2D eigenvalue weighted by Gasteiger charge is -2.40. The van der Waals surface area contributed by atoms with Gasteiger partial charge in [0.2, 0.25) is 0 Å². The maximum absolute atomic E-state index is 12.6. The van der Waals surface area contributed by atoms with Crippen molar-refractivity contribution in [3.63, 3.8) is 0 Å². The van der Waals surface area contributed by atoms with E-state index in [2.05, 4.69) is 16.7 Å². The van der Waals surface area contributed by atoms with Crippen LogP contribution in [-0.2, 0) is 9.53 Å². The maximum atomic E-state index is 12.6. The molecular formula is C18H25ClN2O3. The highest BCUT2D eigenvalue weighted by atomic mass is 35.5. The number of para-hydroxylation sites is 1. The van der Waals surface area contributed by atoms with Crippen LogP contribution in [0, 0.1) is 0 Å². The first-order chi connectivity index (χ1) is 11.3. The second-order valence-corrected chi connectivity index (χ2v) is 6.86. The molecule has 1 spiro atoms. The van der Waals surface area contributed by atoms with Crippen LogP contribution < -0.4 is 15.4 Å². The molecule has 2 atom stereocenters. The number of carbonyl (C=O) groups is 1. The minimum atomic E-state index is -0.390. The van der Waals surface area contributed by atoms with Crippen LogP contribution in [0.1, 0.15) is 43.7 Å². The predicted octanol–water partition coefficient (Wildman–Crippen LogP) is 2.35. The van der Waals surface area contributed by atoms with Gasteiger partial charge in [-0.2, -0.15) is 0 Å². The van der Waals surface area contributed by atoms with Gasteiger partial charge in [-0.25, -0.2) is 0 Å². The van der Waals surface area contributed by atoms with E-state index in [0.29, 0.717) is 13.2 Å². The highest BCUT2D eigenvalue weighted by Crippen LogP contribution is 2.46. The van der Waals surface area contributed by atoms with Gasteiger partial charge in [-0.3, -0.25) is 4.79 Å². The van der Waals surface area contributed by atoms with Crippen LogP contribution in [0.3, 0.4) is 0 Å². The third-order valence-electron chi connectivity index (χ3n) is 5.25. The van der Waals surface area contributed by atoms with Crippen molar-refractivity contribution in [3.05, 3.63) is 29.8 Å². The van der Waals surface area contributed by atoms with Crippen LogP contribution in [0.15, 0.2) is 24.3 Å². The first kappa shape index (κ1) is 17.5. The van der Waals surface area contributed by atoms with Crippen molar-refractivity contribution in [2.45, 2.75) is 49.9 Å². The minimum absolute atomic E-state index is 0. The molecule has 1 saturated heterocycles. The predicted molar refractivity (Wildman–Crippen MR) is 93.6 cm³/mol. The first-order valence-electron chi connectivity index (χ1n) is 8.66. The van der Waals surface area contributed by atoms with E-state index in [1.165, 1.54) is 12.8 Å². The van der Waals surface area contributed by atoms with Crippen molar-refractivity contribution in [1.29, 1.82) is 0 Å². The van der Waals surface area contributed by atoms with E-state index in [4.69, 9.17) is 9.47 Å². The van der Waals surface area contributed by atoms with Gasteiger partial charge in [-0.1, -0.05) is 18.2 Å². The molecule has 132 valence electrons. The lowest BCUT2D eigenvalue weighted by molar-refractivity contribution is -0.135. The molecule has 2 heterocycles. The zero-order chi connectivity index (χ0) is 15.7. The molecule has 24 heavy (non-hydrogen) atoms. The quantitative estimate of drug-likeness (QED) is 0.857. The van der Waals surface area contributed by atoms with Crippen molar-refractivity contribution in [3.8, 4) is 5.75 Å². The summed E-state index contributed by atoms with van der Waals surface area (Å²) < 4.78 is 11.9. The summed E-state index contributed by atoms with van der Waals surface area (Å²) in [5.41, 5.74) is 0.986. The van der Waals surface area contributed by atoms with Gasteiger partial charge >= 0.3 is 0 Å². The number of fused-ring (bicyclic) bond motifs is 1. The Morgan fingerprint density at radius 1 is 1.25 bits per heavy atom. The second-order valence-electron chi connectivity index (χ2n) is 6.86. The molecular weight excluding hydrogens is 328 g/mol. The molecule has 2 N–H and O–H groups in total. The normalized spacial score (nSPS) is 27.7. The summed E-state index contributed by atoms with van der Waals surface area (Å²) in [6.45, 7) is 1.99. The third-order valence-corrected chi connectivity index (χ3v) is 5.25. The average molecular weight is 353 g/mol. The molecule has 1 aliphatic carbocycles. The van der Waals surface area contributed by atoms with E-state index >= 15 is 0 Å². The number of hydrogen-bond acceptors (Lipinski definition) is 4. The number of hydrogen-bond donors (Lipinski definition) is 2. The summed E-state index contributed by atoms with van der Waals surface area (Å²) in [6.07, 6.45) is 5.04. The molecule has 1 saturated carbocycles. The molecule has 1 aromatic rings. The van der Waals surface area contributed by atoms with Gasteiger partial charge in [0.1, 0.15) is 17.5 Å². The monoisotopic (exact) mass is 352 g/mol. The summed E-state index contributed by atoms with van der Waals surface area (Å²) in [5, 5.41) is 6.42. The lowest BCUT2D eigenvalue weighted by Crippen LogP contribution is -2.50. The largest absolute Gasteiger partial charge is 0.487 e. The van der Waals surface area contributed by atoms with E-state index in [-0.39, 0.29) is 30.0 Å². The summed E-state index contributed by atoms with van der Waals surface area (Å²) in [6, 6.07) is 8.09. The van der Waals surface area contributed by atoms with Crippen LogP contribution in [0.2, 0.25) is 0 Å². The van der Waals surface area contributed by atoms with Gasteiger partial charge in [0.15, 0.2) is 0 Å². The molecule has 0 radical (unpaired) electrons. The molecule has 3 aliphatic rings. The summed E-state index contributed by atoms with van der Waals surface area (Å²) in [4.78, 5) is 12.6. The van der Waals surface area contributed by atoms with E-state index < -0.39 is 6.10 Å². The smallest absolute Gasteiger partial charge is 0.250 e. The Kier molecular flexibility index (Phi) is 5.33. The van der Waals surface area contributed by atoms with Crippen molar-refractivity contribution in [2.24, 2.45) is 0 Å². The summed E-state index contributed by atoms with van der Waals surface area (Å²) in [5.74, 6) is 0.903. The number of nitrogens with one attached hydrogen (secondary N) is 2. The summed E-state index contributed by atoms with van der Waals surface area (Å²) >= 11 is 0. The molecule has 1 aromatic carbocycles. The fourth-order valence-electron chi connectivity index (χ4n) is 4.07. The zero-order valence-electron chi connectivity index (χ0n) is 13.8. The molecule has 5 nitrogen and oxygen atoms in total. The Morgan fingerprint density at radius 3 is 2.79 bits per heavy atom. The first-order valence-corrected chi connectivity index (χ1v) is 8.66. The number of carbonyl (C=O) groups excluding carboxylic acids is 1. The minimum Gasteiger partial charge on any atom is -0.487 e. The van der Waals surface area contributed by atoms with Gasteiger partial charge in [-0.05, 0) is 31.7 Å². The number of rotatable bonds is 2. The Balaban J connectivity index is 0.00000169. The average Bonchev–Trinajstić information content (AvgIpc) is 3.03. The highest BCUT2D eigenvalue weighted by molar-refractivity contribution is 5.85. The molecule has 2 aliphatic heterocycles. The molecule has 4 rings (SSSR count). The molecule has 0 aromatic heterocycles. The van der Waals surface area contributed by atoms with E-state index in [1.807, 2.05) is 18.2 Å². The number of halogens is 1. The van der Waals surface area contributed by atoms with E-state index in [9.17, 15) is 4.79 Å². The lowest BCUT2D eigenvalue weighted by atomic mass is 9.86. The van der Waals surface area contributed by atoms with Crippen LogP contribution in [0.25, 0.3) is 0 Å². The Morgan fingerprint density at radius 2 is 2.04 bits per heavy atom. The van der Waals surface area contributed by atoms with Gasteiger partial charge in [-0.15, -0.1) is 12.4 Å². The van der Waals surface area contributed by atoms with Gasteiger partial charge in [0, 0.05) is 25.1 Å². The van der Waals surface area contributed by atoms with Gasteiger partial charge in [0.05, 0.1) is 12.6 Å². The maximum Gasteiger partial charge on any atom is 0.250 e. The van der Waals surface area contributed by atoms with Crippen LogP contribution >= 0.6 is 12.4 Å². The number of morpholine rings is 1. The van der Waals surface area contributed by atoms with Crippen molar-refractivity contribution >= 4 is 18.3 Å². The molecule has 2 fully saturated rings. The van der Waals surface area contributed by atoms with Crippen LogP contribution in [0.4, 0.5) is 0 Å². The zero-order valence-corrected chi connectivity index (χ0v) is 14.6. The second kappa shape index (κ2) is 7.30. The van der Waals surface area contributed by atoms with E-state index in [0.717, 1.165) is 37.1 Å². The molecule has 0 bridgehead atoms.